The molecule has 6 nitrogen and oxygen atoms in total. The fraction of sp³-hybridized carbons (Fsp3) is 0.192. The van der Waals surface area contributed by atoms with Crippen LogP contribution in [0.25, 0.3) is 0 Å². The summed E-state index contributed by atoms with van der Waals surface area (Å²) in [7, 11) is 1.87. The van der Waals surface area contributed by atoms with E-state index in [9.17, 15) is 4.79 Å². The lowest BCUT2D eigenvalue weighted by molar-refractivity contribution is -0.120. The highest BCUT2D eigenvalue weighted by atomic mass is 35.5. The van der Waals surface area contributed by atoms with Crippen LogP contribution in [0.15, 0.2) is 90.1 Å². The molecule has 3 aromatic carbocycles. The summed E-state index contributed by atoms with van der Waals surface area (Å²) in [6.45, 7) is 2.13. The number of carbonyl (C=O) groups is 1. The average Bonchev–Trinajstić information content (AvgIpc) is 3.21. The van der Waals surface area contributed by atoms with Crippen molar-refractivity contribution in [3.05, 3.63) is 107 Å². The van der Waals surface area contributed by atoms with Gasteiger partial charge in [0.25, 0.3) is 0 Å². The normalized spacial score (nSPS) is 11.9. The molecule has 0 fully saturated rings. The topological polar surface area (TPSA) is 69.0 Å². The molecule has 8 heteroatoms. The predicted molar refractivity (Wildman–Crippen MR) is 135 cm³/mol. The number of ether oxygens (including phenoxy) is 1. The van der Waals surface area contributed by atoms with Crippen molar-refractivity contribution in [1.82, 2.24) is 20.1 Å². The second-order valence-corrected chi connectivity index (χ2v) is 9.47. The molecule has 4 aromatic rings. The number of carbonyl (C=O) groups excluding carboxylic acids is 1. The Labute approximate surface area is 208 Å². The van der Waals surface area contributed by atoms with Crippen LogP contribution in [0.5, 0.6) is 5.75 Å². The quantitative estimate of drug-likeness (QED) is 0.315. The Kier molecular flexibility index (Phi) is 7.87. The number of benzene rings is 3. The average molecular weight is 493 g/mol. The van der Waals surface area contributed by atoms with Gasteiger partial charge in [0.2, 0.25) is 5.91 Å². The van der Waals surface area contributed by atoms with E-state index in [1.54, 1.807) is 24.3 Å². The molecule has 1 unspecified atom stereocenters. The molecule has 1 N–H and O–H groups in total. The summed E-state index contributed by atoms with van der Waals surface area (Å²) in [6.07, 6.45) is 0. The minimum Gasteiger partial charge on any atom is -0.486 e. The van der Waals surface area contributed by atoms with Crippen LogP contribution in [-0.4, -0.2) is 25.9 Å². The monoisotopic (exact) mass is 492 g/mol. The lowest BCUT2D eigenvalue weighted by Gasteiger charge is -2.22. The van der Waals surface area contributed by atoms with Crippen molar-refractivity contribution in [2.75, 3.05) is 0 Å². The van der Waals surface area contributed by atoms with E-state index < -0.39 is 0 Å². The van der Waals surface area contributed by atoms with Gasteiger partial charge in [-0.2, -0.15) is 0 Å². The molecule has 1 amide bonds. The first-order chi connectivity index (χ1) is 16.5. The maximum Gasteiger partial charge on any atom is 0.234 e. The zero-order valence-corrected chi connectivity index (χ0v) is 20.5. The molecular weight excluding hydrogens is 468 g/mol. The molecule has 0 aliphatic heterocycles. The molecule has 34 heavy (non-hydrogen) atoms. The summed E-state index contributed by atoms with van der Waals surface area (Å²) in [5.41, 5.74) is 2.05. The van der Waals surface area contributed by atoms with Crippen molar-refractivity contribution in [2.45, 2.75) is 30.0 Å². The molecule has 1 aromatic heterocycles. The minimum absolute atomic E-state index is 0.0790. The van der Waals surface area contributed by atoms with E-state index in [1.165, 1.54) is 11.8 Å². The second-order valence-electron chi connectivity index (χ2n) is 7.72. The van der Waals surface area contributed by atoms with E-state index in [4.69, 9.17) is 16.3 Å². The largest absolute Gasteiger partial charge is 0.486 e. The number of rotatable bonds is 9. The van der Waals surface area contributed by atoms with Gasteiger partial charge in [-0.3, -0.25) is 4.79 Å². The van der Waals surface area contributed by atoms with Crippen LogP contribution in [0, 0.1) is 0 Å². The molecule has 0 radical (unpaired) electrons. The Hall–Kier alpha value is -3.29. The summed E-state index contributed by atoms with van der Waals surface area (Å²) in [4.78, 5) is 13.1. The molecule has 1 heterocycles. The van der Waals surface area contributed by atoms with E-state index in [-0.39, 0.29) is 23.8 Å². The summed E-state index contributed by atoms with van der Waals surface area (Å²) in [6, 6.07) is 26.8. The van der Waals surface area contributed by atoms with Crippen molar-refractivity contribution < 1.29 is 9.53 Å². The molecule has 0 spiro atoms. The molecular formula is C26H25ClN4O2S. The van der Waals surface area contributed by atoms with Crippen LogP contribution in [0.2, 0.25) is 5.02 Å². The maximum atomic E-state index is 13.1. The van der Waals surface area contributed by atoms with Gasteiger partial charge in [-0.05, 0) is 42.3 Å². The van der Waals surface area contributed by atoms with Gasteiger partial charge in [0, 0.05) is 12.1 Å². The highest BCUT2D eigenvalue weighted by molar-refractivity contribution is 8.00. The highest BCUT2D eigenvalue weighted by Crippen LogP contribution is 2.26. The molecule has 0 aliphatic rings. The van der Waals surface area contributed by atoms with Gasteiger partial charge in [0.1, 0.15) is 12.4 Å². The standard InChI is InChI=1S/C26H25ClN4O2S/c1-18(25(32)28-24(19-9-5-3-6-10-19)20-11-7-4-8-12-20)34-26-30-29-23(31(26)2)17-33-22-15-13-21(27)14-16-22/h3-16,18,24H,17H2,1-2H3,(H,28,32). The van der Waals surface area contributed by atoms with Crippen molar-refractivity contribution in [3.8, 4) is 5.75 Å². The van der Waals surface area contributed by atoms with Gasteiger partial charge < -0.3 is 14.6 Å². The van der Waals surface area contributed by atoms with Gasteiger partial charge in [-0.1, -0.05) is 84.0 Å². The lowest BCUT2D eigenvalue weighted by Crippen LogP contribution is -2.35. The van der Waals surface area contributed by atoms with E-state index in [0.29, 0.717) is 21.8 Å². The maximum absolute atomic E-state index is 13.1. The zero-order chi connectivity index (χ0) is 23.9. The van der Waals surface area contributed by atoms with E-state index >= 15 is 0 Å². The van der Waals surface area contributed by atoms with E-state index in [1.807, 2.05) is 79.2 Å². The van der Waals surface area contributed by atoms with E-state index in [0.717, 1.165) is 11.1 Å². The Morgan fingerprint density at radius 1 is 0.971 bits per heavy atom. The molecule has 0 saturated carbocycles. The molecule has 4 rings (SSSR count). The zero-order valence-electron chi connectivity index (χ0n) is 18.9. The second kappa shape index (κ2) is 11.2. The van der Waals surface area contributed by atoms with Crippen molar-refractivity contribution >= 4 is 29.3 Å². The SMILES string of the molecule is CC(Sc1nnc(COc2ccc(Cl)cc2)n1C)C(=O)NC(c1ccccc1)c1ccccc1. The number of aromatic nitrogens is 3. The minimum atomic E-state index is -0.372. The van der Waals surface area contributed by atoms with Crippen molar-refractivity contribution in [2.24, 2.45) is 7.05 Å². The number of nitrogens with one attached hydrogen (secondary N) is 1. The van der Waals surface area contributed by atoms with Gasteiger partial charge in [0.15, 0.2) is 11.0 Å². The van der Waals surface area contributed by atoms with Crippen LogP contribution >= 0.6 is 23.4 Å². The third-order valence-corrected chi connectivity index (χ3v) is 6.70. The number of halogens is 1. The number of nitrogens with zero attached hydrogens (tertiary/aromatic N) is 3. The third kappa shape index (κ3) is 5.98. The van der Waals surface area contributed by atoms with Crippen molar-refractivity contribution in [1.29, 1.82) is 0 Å². The number of thioether (sulfide) groups is 1. The van der Waals surface area contributed by atoms with Gasteiger partial charge in [-0.15, -0.1) is 10.2 Å². The van der Waals surface area contributed by atoms with Crippen LogP contribution in [0.3, 0.4) is 0 Å². The summed E-state index contributed by atoms with van der Waals surface area (Å²) in [5, 5.41) is 12.6. The van der Waals surface area contributed by atoms with Crippen molar-refractivity contribution in [3.63, 3.8) is 0 Å². The number of amides is 1. The predicted octanol–water partition coefficient (Wildman–Crippen LogP) is 5.43. The summed E-state index contributed by atoms with van der Waals surface area (Å²) in [5.74, 6) is 1.28. The lowest BCUT2D eigenvalue weighted by atomic mass is 9.98. The highest BCUT2D eigenvalue weighted by Gasteiger charge is 2.23. The molecule has 0 aliphatic carbocycles. The third-order valence-electron chi connectivity index (χ3n) is 5.31. The van der Waals surface area contributed by atoms with Gasteiger partial charge >= 0.3 is 0 Å². The Morgan fingerprint density at radius 2 is 1.56 bits per heavy atom. The van der Waals surface area contributed by atoms with Crippen LogP contribution in [0.4, 0.5) is 0 Å². The van der Waals surface area contributed by atoms with Crippen LogP contribution in [0.1, 0.15) is 29.9 Å². The Bertz CT molecular complexity index is 1180. The number of hydrogen-bond donors (Lipinski definition) is 1. The Morgan fingerprint density at radius 3 is 2.15 bits per heavy atom. The van der Waals surface area contributed by atoms with Crippen LogP contribution in [-0.2, 0) is 18.4 Å². The Balaban J connectivity index is 1.41. The van der Waals surface area contributed by atoms with Crippen LogP contribution < -0.4 is 10.1 Å². The van der Waals surface area contributed by atoms with Gasteiger partial charge in [-0.25, -0.2) is 0 Å². The van der Waals surface area contributed by atoms with E-state index in [2.05, 4.69) is 15.5 Å². The fourth-order valence-corrected chi connectivity index (χ4v) is 4.34. The first kappa shape index (κ1) is 23.9. The molecule has 1 atom stereocenters. The molecule has 174 valence electrons. The first-order valence-corrected chi connectivity index (χ1v) is 12.1. The van der Waals surface area contributed by atoms with Gasteiger partial charge in [0.05, 0.1) is 11.3 Å². The summed E-state index contributed by atoms with van der Waals surface area (Å²) >= 11 is 7.27. The fourth-order valence-electron chi connectivity index (χ4n) is 3.37. The number of hydrogen-bond acceptors (Lipinski definition) is 5. The molecule has 0 bridgehead atoms. The summed E-state index contributed by atoms with van der Waals surface area (Å²) < 4.78 is 7.62. The molecule has 0 saturated heterocycles. The smallest absolute Gasteiger partial charge is 0.234 e. The first-order valence-electron chi connectivity index (χ1n) is 10.8.